The molecule has 0 saturated heterocycles. The van der Waals surface area contributed by atoms with Crippen LogP contribution in [0.15, 0.2) is 35.9 Å². The van der Waals surface area contributed by atoms with Crippen molar-refractivity contribution in [2.75, 3.05) is 19.7 Å². The molecule has 1 atom stereocenters. The summed E-state index contributed by atoms with van der Waals surface area (Å²) in [5, 5.41) is 3.58. The van der Waals surface area contributed by atoms with Crippen LogP contribution in [0, 0.1) is 0 Å². The van der Waals surface area contributed by atoms with Crippen LogP contribution in [-0.4, -0.2) is 19.7 Å². The Hall–Kier alpha value is -1.12. The molecule has 2 heteroatoms. The fourth-order valence-corrected chi connectivity index (χ4v) is 3.26. The summed E-state index contributed by atoms with van der Waals surface area (Å²) in [6, 6.07) is 8.69. The second-order valence-electron chi connectivity index (χ2n) is 5.87. The van der Waals surface area contributed by atoms with Crippen molar-refractivity contribution in [3.05, 3.63) is 47.0 Å². The Kier molecular flexibility index (Phi) is 4.88. The van der Waals surface area contributed by atoms with E-state index >= 15 is 0 Å². The minimum absolute atomic E-state index is 0.236. The summed E-state index contributed by atoms with van der Waals surface area (Å²) < 4.78 is 5.92. The van der Waals surface area contributed by atoms with Crippen molar-refractivity contribution in [2.45, 2.75) is 44.6 Å². The molecule has 1 heterocycles. The van der Waals surface area contributed by atoms with Crippen molar-refractivity contribution in [3.8, 4) is 0 Å². The predicted octanol–water partition coefficient (Wildman–Crippen LogP) is 3.78. The number of fused-ring (bicyclic) bond motifs is 1. The lowest BCUT2D eigenvalue weighted by molar-refractivity contribution is 0.0427. The lowest BCUT2D eigenvalue weighted by Crippen LogP contribution is -2.28. The molecule has 0 spiro atoms. The van der Waals surface area contributed by atoms with E-state index < -0.39 is 0 Å². The van der Waals surface area contributed by atoms with Gasteiger partial charge in [0.15, 0.2) is 0 Å². The Morgan fingerprint density at radius 2 is 2.10 bits per heavy atom. The summed E-state index contributed by atoms with van der Waals surface area (Å²) in [6.45, 7) is 2.87. The largest absolute Gasteiger partial charge is 0.372 e. The molecule has 0 aromatic heterocycles. The first-order valence-corrected chi connectivity index (χ1v) is 8.01. The molecule has 1 unspecified atom stereocenters. The molecule has 1 aliphatic carbocycles. The third-order valence-electron chi connectivity index (χ3n) is 4.43. The van der Waals surface area contributed by atoms with Crippen molar-refractivity contribution < 1.29 is 4.74 Å². The first kappa shape index (κ1) is 13.8. The predicted molar refractivity (Wildman–Crippen MR) is 82.9 cm³/mol. The van der Waals surface area contributed by atoms with Gasteiger partial charge in [-0.15, -0.1) is 0 Å². The zero-order chi connectivity index (χ0) is 13.6. The normalized spacial score (nSPS) is 22.2. The summed E-state index contributed by atoms with van der Waals surface area (Å²) in [5.41, 5.74) is 4.48. The first-order valence-electron chi connectivity index (χ1n) is 8.01. The smallest absolute Gasteiger partial charge is 0.0952 e. The molecule has 0 bridgehead atoms. The minimum Gasteiger partial charge on any atom is -0.372 e. The van der Waals surface area contributed by atoms with Crippen LogP contribution in [0.4, 0.5) is 0 Å². The average Bonchev–Trinajstić information content (AvgIpc) is 2.53. The van der Waals surface area contributed by atoms with Crippen molar-refractivity contribution in [1.29, 1.82) is 0 Å². The van der Waals surface area contributed by atoms with Crippen molar-refractivity contribution in [1.82, 2.24) is 5.32 Å². The van der Waals surface area contributed by atoms with E-state index in [1.54, 1.807) is 5.57 Å². The molecule has 3 rings (SSSR count). The number of hydrogen-bond acceptors (Lipinski definition) is 2. The van der Waals surface area contributed by atoms with E-state index in [1.807, 2.05) is 0 Å². The second kappa shape index (κ2) is 7.05. The number of allylic oxidation sites excluding steroid dienone is 1. The summed E-state index contributed by atoms with van der Waals surface area (Å²) in [4.78, 5) is 0. The van der Waals surface area contributed by atoms with Crippen LogP contribution in [0.25, 0.3) is 0 Å². The van der Waals surface area contributed by atoms with Gasteiger partial charge in [-0.2, -0.15) is 0 Å². The number of ether oxygens (including phenoxy) is 1. The fraction of sp³-hybridized carbons (Fsp3) is 0.556. The molecule has 0 saturated carbocycles. The van der Waals surface area contributed by atoms with Gasteiger partial charge in [0.25, 0.3) is 0 Å². The highest BCUT2D eigenvalue weighted by molar-refractivity contribution is 5.31. The van der Waals surface area contributed by atoms with E-state index in [-0.39, 0.29) is 6.10 Å². The van der Waals surface area contributed by atoms with Crippen LogP contribution >= 0.6 is 0 Å². The summed E-state index contributed by atoms with van der Waals surface area (Å²) in [7, 11) is 0. The molecule has 0 amide bonds. The molecule has 1 aromatic rings. The Morgan fingerprint density at radius 1 is 1.15 bits per heavy atom. The van der Waals surface area contributed by atoms with Crippen molar-refractivity contribution in [3.63, 3.8) is 0 Å². The monoisotopic (exact) mass is 271 g/mol. The molecule has 0 fully saturated rings. The van der Waals surface area contributed by atoms with Gasteiger partial charge < -0.3 is 10.1 Å². The summed E-state index contributed by atoms with van der Waals surface area (Å²) in [6.07, 6.45) is 10.3. The van der Waals surface area contributed by atoms with Gasteiger partial charge in [0, 0.05) is 6.54 Å². The molecule has 20 heavy (non-hydrogen) atoms. The molecule has 1 aromatic carbocycles. The van der Waals surface area contributed by atoms with E-state index in [1.165, 1.54) is 43.2 Å². The highest BCUT2D eigenvalue weighted by Gasteiger charge is 2.19. The van der Waals surface area contributed by atoms with E-state index in [0.717, 1.165) is 26.1 Å². The molecule has 2 aliphatic rings. The number of hydrogen-bond donors (Lipinski definition) is 1. The third-order valence-corrected chi connectivity index (χ3v) is 4.43. The van der Waals surface area contributed by atoms with Gasteiger partial charge in [-0.05, 0) is 56.2 Å². The molecule has 0 radical (unpaired) electrons. The maximum Gasteiger partial charge on any atom is 0.0952 e. The highest BCUT2D eigenvalue weighted by Crippen LogP contribution is 2.26. The van der Waals surface area contributed by atoms with Crippen LogP contribution in [0.2, 0.25) is 0 Å². The molecule has 108 valence electrons. The quantitative estimate of drug-likeness (QED) is 0.650. The number of benzene rings is 1. The molecular formula is C18H25NO. The molecular weight excluding hydrogens is 246 g/mol. The zero-order valence-electron chi connectivity index (χ0n) is 12.2. The Bertz CT molecular complexity index is 466. The first-order chi connectivity index (χ1) is 9.93. The Morgan fingerprint density at radius 3 is 3.00 bits per heavy atom. The van der Waals surface area contributed by atoms with Crippen molar-refractivity contribution in [2.24, 2.45) is 0 Å². The van der Waals surface area contributed by atoms with Gasteiger partial charge in [0.1, 0.15) is 0 Å². The maximum atomic E-state index is 5.92. The maximum absolute atomic E-state index is 5.92. The summed E-state index contributed by atoms with van der Waals surface area (Å²) in [5.74, 6) is 0. The lowest BCUT2D eigenvalue weighted by atomic mass is 9.96. The highest BCUT2D eigenvalue weighted by atomic mass is 16.5. The van der Waals surface area contributed by atoms with E-state index in [4.69, 9.17) is 4.74 Å². The van der Waals surface area contributed by atoms with Gasteiger partial charge in [0.2, 0.25) is 0 Å². The van der Waals surface area contributed by atoms with Crippen LogP contribution in [0.1, 0.15) is 49.3 Å². The van der Waals surface area contributed by atoms with Crippen molar-refractivity contribution >= 4 is 0 Å². The average molecular weight is 271 g/mol. The standard InChI is InChI=1S/C18H25NO/c1-2-6-15(7-3-1)10-12-19-14-18-17-9-5-4-8-16(17)11-13-20-18/h4-6,8-9,18-19H,1-3,7,10-14H2. The zero-order valence-corrected chi connectivity index (χ0v) is 12.2. The van der Waals surface area contributed by atoms with Crippen LogP contribution in [0.5, 0.6) is 0 Å². The molecule has 2 nitrogen and oxygen atoms in total. The topological polar surface area (TPSA) is 21.3 Å². The fourth-order valence-electron chi connectivity index (χ4n) is 3.26. The lowest BCUT2D eigenvalue weighted by Gasteiger charge is -2.26. The van der Waals surface area contributed by atoms with Gasteiger partial charge >= 0.3 is 0 Å². The van der Waals surface area contributed by atoms with Gasteiger partial charge in [0.05, 0.1) is 12.7 Å². The summed E-state index contributed by atoms with van der Waals surface area (Å²) >= 11 is 0. The van der Waals surface area contributed by atoms with E-state index in [9.17, 15) is 0 Å². The van der Waals surface area contributed by atoms with Crippen LogP contribution in [0.3, 0.4) is 0 Å². The van der Waals surface area contributed by atoms with Crippen LogP contribution in [-0.2, 0) is 11.2 Å². The van der Waals surface area contributed by atoms with Gasteiger partial charge in [-0.1, -0.05) is 35.9 Å². The molecule has 1 aliphatic heterocycles. The second-order valence-corrected chi connectivity index (χ2v) is 5.87. The minimum atomic E-state index is 0.236. The van der Waals surface area contributed by atoms with E-state index in [2.05, 4.69) is 35.7 Å². The van der Waals surface area contributed by atoms with E-state index in [0.29, 0.717) is 0 Å². The Balaban J connectivity index is 1.46. The van der Waals surface area contributed by atoms with Gasteiger partial charge in [-0.25, -0.2) is 0 Å². The number of nitrogens with one attached hydrogen (secondary N) is 1. The molecule has 1 N–H and O–H groups in total. The van der Waals surface area contributed by atoms with Crippen LogP contribution < -0.4 is 5.32 Å². The number of rotatable bonds is 5. The third kappa shape index (κ3) is 3.50. The SMILES string of the molecule is C1=C(CCNCC2OCCc3ccccc32)CCCC1. The van der Waals surface area contributed by atoms with Gasteiger partial charge in [-0.3, -0.25) is 0 Å². The Labute approximate surface area is 122 Å².